The van der Waals surface area contributed by atoms with Gasteiger partial charge < -0.3 is 25.4 Å². The molecule has 4 N–H and O–H groups in total. The zero-order valence-electron chi connectivity index (χ0n) is 18.1. The third-order valence-corrected chi connectivity index (χ3v) is 6.15. The lowest BCUT2D eigenvalue weighted by Crippen LogP contribution is -2.54. The Morgan fingerprint density at radius 1 is 1.03 bits per heavy atom. The van der Waals surface area contributed by atoms with Crippen molar-refractivity contribution >= 4 is 22.7 Å². The molecule has 7 heteroatoms. The van der Waals surface area contributed by atoms with Gasteiger partial charge in [-0.05, 0) is 41.3 Å². The first-order valence-electron chi connectivity index (χ1n) is 11.1. The molecule has 3 heterocycles. The summed E-state index contributed by atoms with van der Waals surface area (Å²) in [5.41, 5.74) is 4.34. The molecule has 0 radical (unpaired) electrons. The second-order valence-electron chi connectivity index (χ2n) is 8.33. The molecule has 2 aromatic carbocycles. The van der Waals surface area contributed by atoms with Gasteiger partial charge in [0.2, 0.25) is 11.8 Å². The predicted octanol–water partition coefficient (Wildman–Crippen LogP) is 2.82. The van der Waals surface area contributed by atoms with Gasteiger partial charge in [0.25, 0.3) is 0 Å². The number of carbonyl (C=O) groups excluding carboxylic acids is 2. The molecular weight excluding hydrogens is 416 g/mol. The summed E-state index contributed by atoms with van der Waals surface area (Å²) in [4.78, 5) is 29.5. The number of H-pyrrole nitrogens is 1. The van der Waals surface area contributed by atoms with Crippen molar-refractivity contribution in [3.8, 4) is 0 Å². The summed E-state index contributed by atoms with van der Waals surface area (Å²) in [5.74, 6) is 0.231. The summed E-state index contributed by atoms with van der Waals surface area (Å²) < 4.78 is 5.32. The third-order valence-electron chi connectivity index (χ3n) is 6.15. The van der Waals surface area contributed by atoms with Crippen molar-refractivity contribution in [1.29, 1.82) is 0 Å². The van der Waals surface area contributed by atoms with Crippen LogP contribution in [-0.4, -0.2) is 28.9 Å². The van der Waals surface area contributed by atoms with Crippen LogP contribution in [0.25, 0.3) is 10.9 Å². The first-order chi connectivity index (χ1) is 16.2. The van der Waals surface area contributed by atoms with Crippen LogP contribution in [0.2, 0.25) is 0 Å². The highest BCUT2D eigenvalue weighted by Gasteiger charge is 2.29. The van der Waals surface area contributed by atoms with E-state index in [1.54, 1.807) is 18.4 Å². The van der Waals surface area contributed by atoms with Gasteiger partial charge in [-0.2, -0.15) is 0 Å². The van der Waals surface area contributed by atoms with E-state index in [9.17, 15) is 9.59 Å². The maximum atomic E-state index is 13.2. The minimum absolute atomic E-state index is 0.178. The van der Waals surface area contributed by atoms with Crippen LogP contribution in [0, 0.1) is 0 Å². The molecule has 0 saturated carbocycles. The SMILES string of the molecule is O=C(N[C@H](Cc1c[nH]c2ccccc12)C(=O)NCc1ccco1)[C@@H]1Cc2ccccc2CN1. The molecule has 2 atom stereocenters. The van der Waals surface area contributed by atoms with Crippen molar-refractivity contribution in [2.24, 2.45) is 0 Å². The average molecular weight is 443 g/mol. The van der Waals surface area contributed by atoms with E-state index in [0.717, 1.165) is 22.0 Å². The molecule has 0 fully saturated rings. The number of carbonyl (C=O) groups is 2. The van der Waals surface area contributed by atoms with E-state index in [-0.39, 0.29) is 24.4 Å². The van der Waals surface area contributed by atoms with Gasteiger partial charge in [0.15, 0.2) is 0 Å². The number of benzene rings is 2. The number of hydrogen-bond donors (Lipinski definition) is 4. The Hall–Kier alpha value is -3.84. The van der Waals surface area contributed by atoms with E-state index < -0.39 is 6.04 Å². The second kappa shape index (κ2) is 9.34. The quantitative estimate of drug-likeness (QED) is 0.354. The molecule has 0 aliphatic carbocycles. The molecule has 2 aromatic heterocycles. The van der Waals surface area contributed by atoms with E-state index in [1.165, 1.54) is 5.56 Å². The lowest BCUT2D eigenvalue weighted by molar-refractivity contribution is -0.130. The Bertz CT molecular complexity index is 1260. The molecular formula is C26H26N4O3. The summed E-state index contributed by atoms with van der Waals surface area (Å²) >= 11 is 0. The van der Waals surface area contributed by atoms with Gasteiger partial charge in [-0.15, -0.1) is 0 Å². The minimum atomic E-state index is -0.717. The van der Waals surface area contributed by atoms with Crippen molar-refractivity contribution in [3.05, 3.63) is 95.6 Å². The lowest BCUT2D eigenvalue weighted by atomic mass is 9.95. The number of aromatic amines is 1. The number of fused-ring (bicyclic) bond motifs is 2. The fraction of sp³-hybridized carbons (Fsp3) is 0.231. The largest absolute Gasteiger partial charge is 0.467 e. The topological polar surface area (TPSA) is 99.2 Å². The average Bonchev–Trinajstić information content (AvgIpc) is 3.52. The smallest absolute Gasteiger partial charge is 0.243 e. The first kappa shape index (κ1) is 21.0. The third kappa shape index (κ3) is 4.68. The number of hydrogen-bond acceptors (Lipinski definition) is 4. The number of rotatable bonds is 7. The Kier molecular flexibility index (Phi) is 5.95. The molecule has 0 saturated heterocycles. The Morgan fingerprint density at radius 3 is 2.70 bits per heavy atom. The fourth-order valence-corrected chi connectivity index (χ4v) is 4.35. The maximum absolute atomic E-state index is 13.2. The zero-order valence-corrected chi connectivity index (χ0v) is 18.1. The molecule has 0 spiro atoms. The molecule has 7 nitrogen and oxygen atoms in total. The van der Waals surface area contributed by atoms with E-state index >= 15 is 0 Å². The molecule has 168 valence electrons. The van der Waals surface area contributed by atoms with Gasteiger partial charge in [-0.25, -0.2) is 0 Å². The molecule has 33 heavy (non-hydrogen) atoms. The fourth-order valence-electron chi connectivity index (χ4n) is 4.35. The van der Waals surface area contributed by atoms with Crippen LogP contribution in [-0.2, 0) is 35.5 Å². The Balaban J connectivity index is 1.32. The predicted molar refractivity (Wildman–Crippen MR) is 125 cm³/mol. The van der Waals surface area contributed by atoms with E-state index in [4.69, 9.17) is 4.42 Å². The van der Waals surface area contributed by atoms with Gasteiger partial charge in [-0.1, -0.05) is 42.5 Å². The van der Waals surface area contributed by atoms with Crippen LogP contribution in [0.1, 0.15) is 22.5 Å². The molecule has 2 amide bonds. The summed E-state index contributed by atoms with van der Waals surface area (Å²) in [5, 5.41) is 10.2. The molecule has 0 bridgehead atoms. The minimum Gasteiger partial charge on any atom is -0.467 e. The van der Waals surface area contributed by atoms with Gasteiger partial charge in [0.1, 0.15) is 11.8 Å². The Morgan fingerprint density at radius 2 is 1.85 bits per heavy atom. The number of amides is 2. The van der Waals surface area contributed by atoms with Crippen molar-refractivity contribution in [1.82, 2.24) is 20.9 Å². The van der Waals surface area contributed by atoms with Gasteiger partial charge in [-0.3, -0.25) is 9.59 Å². The number of nitrogens with one attached hydrogen (secondary N) is 4. The van der Waals surface area contributed by atoms with Gasteiger partial charge >= 0.3 is 0 Å². The van der Waals surface area contributed by atoms with Crippen molar-refractivity contribution < 1.29 is 14.0 Å². The Labute approximate surface area is 191 Å². The number of furan rings is 1. The van der Waals surface area contributed by atoms with Crippen LogP contribution in [0.4, 0.5) is 0 Å². The molecule has 1 aliphatic rings. The highest BCUT2D eigenvalue weighted by atomic mass is 16.3. The zero-order chi connectivity index (χ0) is 22.6. The van der Waals surface area contributed by atoms with E-state index in [0.29, 0.717) is 25.1 Å². The van der Waals surface area contributed by atoms with Crippen LogP contribution < -0.4 is 16.0 Å². The normalized spacial score (nSPS) is 16.2. The van der Waals surface area contributed by atoms with E-state index in [1.807, 2.05) is 42.6 Å². The highest BCUT2D eigenvalue weighted by Crippen LogP contribution is 2.20. The molecule has 1 aliphatic heterocycles. The highest BCUT2D eigenvalue weighted by molar-refractivity contribution is 5.91. The van der Waals surface area contributed by atoms with Gasteiger partial charge in [0, 0.05) is 30.1 Å². The first-order valence-corrected chi connectivity index (χ1v) is 11.1. The van der Waals surface area contributed by atoms with Crippen molar-refractivity contribution in [3.63, 3.8) is 0 Å². The molecule has 4 aromatic rings. The van der Waals surface area contributed by atoms with Crippen LogP contribution in [0.3, 0.4) is 0 Å². The van der Waals surface area contributed by atoms with Crippen LogP contribution >= 0.6 is 0 Å². The van der Waals surface area contributed by atoms with Crippen LogP contribution in [0.15, 0.2) is 77.5 Å². The summed E-state index contributed by atoms with van der Waals surface area (Å²) in [6, 6.07) is 18.5. The summed E-state index contributed by atoms with van der Waals surface area (Å²) in [7, 11) is 0. The van der Waals surface area contributed by atoms with Crippen molar-refractivity contribution in [2.75, 3.05) is 0 Å². The van der Waals surface area contributed by atoms with E-state index in [2.05, 4.69) is 33.1 Å². The van der Waals surface area contributed by atoms with Gasteiger partial charge in [0.05, 0.1) is 18.8 Å². The summed E-state index contributed by atoms with van der Waals surface area (Å²) in [6.07, 6.45) is 4.44. The maximum Gasteiger partial charge on any atom is 0.243 e. The lowest BCUT2D eigenvalue weighted by Gasteiger charge is -2.27. The standard InChI is InChI=1S/C26H26N4O3/c31-25(29-16-20-8-5-11-33-20)24(13-19-15-27-22-10-4-3-9-21(19)22)30-26(32)23-12-17-6-1-2-7-18(17)14-28-23/h1-11,15,23-24,27-28H,12-14,16H2,(H,29,31)(H,30,32)/t23-,24+/m0/s1. The van der Waals surface area contributed by atoms with Crippen LogP contribution in [0.5, 0.6) is 0 Å². The molecule has 5 rings (SSSR count). The number of para-hydroxylation sites is 1. The summed E-state index contributed by atoms with van der Waals surface area (Å²) in [6.45, 7) is 0.896. The van der Waals surface area contributed by atoms with Crippen molar-refractivity contribution in [2.45, 2.75) is 38.0 Å². The molecule has 0 unspecified atom stereocenters. The second-order valence-corrected chi connectivity index (χ2v) is 8.33. The number of aromatic nitrogens is 1. The monoisotopic (exact) mass is 442 g/mol.